The van der Waals surface area contributed by atoms with Crippen molar-refractivity contribution in [3.63, 3.8) is 0 Å². The number of halogens is 1. The average Bonchev–Trinajstić information content (AvgIpc) is 2.83. The number of thiazole rings is 1. The Kier molecular flexibility index (Phi) is 2.29. The molecule has 1 N–H and O–H groups in total. The zero-order valence-electron chi connectivity index (χ0n) is 8.49. The fourth-order valence-electron chi connectivity index (χ4n) is 1.68. The van der Waals surface area contributed by atoms with Crippen LogP contribution in [0.4, 0.5) is 0 Å². The second-order valence-corrected chi connectivity index (χ2v) is 5.48. The van der Waals surface area contributed by atoms with Crippen LogP contribution in [0.25, 0.3) is 22.3 Å². The molecule has 0 bridgehead atoms. The molecule has 3 nitrogen and oxygen atoms in total. The van der Waals surface area contributed by atoms with Gasteiger partial charge in [0.1, 0.15) is 5.65 Å². The highest BCUT2D eigenvalue weighted by Crippen LogP contribution is 2.29. The molecule has 0 unspecified atom stereocenters. The fraction of sp³-hybridized carbons (Fsp3) is 0.0909. The van der Waals surface area contributed by atoms with Crippen molar-refractivity contribution in [2.75, 3.05) is 0 Å². The minimum absolute atomic E-state index is 0.892. The average molecular weight is 294 g/mol. The van der Waals surface area contributed by atoms with Gasteiger partial charge in [-0.05, 0) is 28.9 Å². The molecule has 0 aliphatic heterocycles. The molecule has 3 aromatic heterocycles. The van der Waals surface area contributed by atoms with E-state index in [4.69, 9.17) is 0 Å². The number of nitrogens with one attached hydrogen (secondary N) is 1. The van der Waals surface area contributed by atoms with Gasteiger partial charge >= 0.3 is 0 Å². The molecular formula is C11H8BrN3S. The predicted octanol–water partition coefficient (Wildman–Crippen LogP) is 3.76. The first-order valence-electron chi connectivity index (χ1n) is 4.79. The highest BCUT2D eigenvalue weighted by atomic mass is 79.9. The van der Waals surface area contributed by atoms with Crippen LogP contribution in [-0.4, -0.2) is 15.0 Å². The summed E-state index contributed by atoms with van der Waals surface area (Å²) in [5.74, 6) is 0. The first-order chi connectivity index (χ1) is 7.74. The molecule has 0 atom stereocenters. The summed E-state index contributed by atoms with van der Waals surface area (Å²) in [4.78, 5) is 12.0. The minimum atomic E-state index is 0.892. The van der Waals surface area contributed by atoms with Crippen molar-refractivity contribution in [1.82, 2.24) is 15.0 Å². The topological polar surface area (TPSA) is 41.6 Å². The van der Waals surface area contributed by atoms with Gasteiger partial charge < -0.3 is 4.98 Å². The van der Waals surface area contributed by atoms with E-state index in [-0.39, 0.29) is 0 Å². The standard InChI is InChI=1S/C11H8BrN3S/c1-6-15-10(5-16-6)9-4-14-11-8(9)2-7(12)3-13-11/h2-5H,1H3,(H,13,14). The van der Waals surface area contributed by atoms with Gasteiger partial charge in [0, 0.05) is 33.2 Å². The highest BCUT2D eigenvalue weighted by molar-refractivity contribution is 9.10. The molecule has 0 fully saturated rings. The lowest BCUT2D eigenvalue weighted by atomic mass is 10.2. The molecular weight excluding hydrogens is 286 g/mol. The second-order valence-electron chi connectivity index (χ2n) is 3.50. The molecule has 0 saturated carbocycles. The maximum Gasteiger partial charge on any atom is 0.137 e. The number of H-pyrrole nitrogens is 1. The smallest absolute Gasteiger partial charge is 0.137 e. The van der Waals surface area contributed by atoms with E-state index in [1.807, 2.05) is 13.1 Å². The normalized spacial score (nSPS) is 11.1. The van der Waals surface area contributed by atoms with E-state index in [2.05, 4.69) is 42.3 Å². The molecule has 0 aliphatic carbocycles. The summed E-state index contributed by atoms with van der Waals surface area (Å²) in [6, 6.07) is 2.06. The number of aromatic amines is 1. The highest BCUT2D eigenvalue weighted by Gasteiger charge is 2.09. The molecule has 0 spiro atoms. The summed E-state index contributed by atoms with van der Waals surface area (Å²) in [6.45, 7) is 2.01. The van der Waals surface area contributed by atoms with Crippen molar-refractivity contribution in [3.8, 4) is 11.3 Å². The van der Waals surface area contributed by atoms with Crippen molar-refractivity contribution in [2.24, 2.45) is 0 Å². The van der Waals surface area contributed by atoms with Crippen LogP contribution in [0.2, 0.25) is 0 Å². The molecule has 3 rings (SSSR count). The SMILES string of the molecule is Cc1nc(-c2c[nH]c3ncc(Br)cc23)cs1. The predicted molar refractivity (Wildman–Crippen MR) is 69.6 cm³/mol. The van der Waals surface area contributed by atoms with Gasteiger partial charge in [-0.25, -0.2) is 9.97 Å². The van der Waals surface area contributed by atoms with E-state index >= 15 is 0 Å². The molecule has 0 saturated heterocycles. The Labute approximate surface area is 105 Å². The van der Waals surface area contributed by atoms with Gasteiger partial charge in [-0.2, -0.15) is 0 Å². The number of fused-ring (bicyclic) bond motifs is 1. The zero-order valence-corrected chi connectivity index (χ0v) is 10.9. The number of aryl methyl sites for hydroxylation is 1. The molecule has 0 amide bonds. The van der Waals surface area contributed by atoms with E-state index in [0.717, 1.165) is 31.8 Å². The van der Waals surface area contributed by atoms with Crippen molar-refractivity contribution in [1.29, 1.82) is 0 Å². The molecule has 80 valence electrons. The molecule has 16 heavy (non-hydrogen) atoms. The third-order valence-corrected chi connectivity index (χ3v) is 3.60. The van der Waals surface area contributed by atoms with Crippen molar-refractivity contribution in [3.05, 3.63) is 33.3 Å². The van der Waals surface area contributed by atoms with E-state index < -0.39 is 0 Å². The first-order valence-corrected chi connectivity index (χ1v) is 6.46. The summed E-state index contributed by atoms with van der Waals surface area (Å²) < 4.78 is 0.979. The molecule has 0 aliphatic rings. The van der Waals surface area contributed by atoms with Gasteiger partial charge in [0.15, 0.2) is 0 Å². The minimum Gasteiger partial charge on any atom is -0.345 e. The molecule has 3 aromatic rings. The number of hydrogen-bond donors (Lipinski definition) is 1. The monoisotopic (exact) mass is 293 g/mol. The Morgan fingerprint density at radius 3 is 3.06 bits per heavy atom. The molecule has 3 heterocycles. The summed E-state index contributed by atoms with van der Waals surface area (Å²) >= 11 is 5.09. The van der Waals surface area contributed by atoms with Gasteiger partial charge in [-0.15, -0.1) is 11.3 Å². The van der Waals surface area contributed by atoms with Crippen LogP contribution < -0.4 is 0 Å². The van der Waals surface area contributed by atoms with Crippen LogP contribution in [0, 0.1) is 6.92 Å². The van der Waals surface area contributed by atoms with E-state index in [9.17, 15) is 0 Å². The Balaban J connectivity index is 2.27. The molecule has 0 aromatic carbocycles. The van der Waals surface area contributed by atoms with Gasteiger partial charge in [0.2, 0.25) is 0 Å². The lowest BCUT2D eigenvalue weighted by molar-refractivity contribution is 1.30. The molecule has 0 radical (unpaired) electrons. The van der Waals surface area contributed by atoms with Gasteiger partial charge in [-0.1, -0.05) is 0 Å². The largest absolute Gasteiger partial charge is 0.345 e. The number of nitrogens with zero attached hydrogens (tertiary/aromatic N) is 2. The van der Waals surface area contributed by atoms with E-state index in [0.29, 0.717) is 0 Å². The summed E-state index contributed by atoms with van der Waals surface area (Å²) in [6.07, 6.45) is 3.74. The van der Waals surface area contributed by atoms with Crippen LogP contribution in [0.3, 0.4) is 0 Å². The Morgan fingerprint density at radius 1 is 1.44 bits per heavy atom. The third kappa shape index (κ3) is 1.56. The number of rotatable bonds is 1. The quantitative estimate of drug-likeness (QED) is 0.742. The van der Waals surface area contributed by atoms with Crippen molar-refractivity contribution < 1.29 is 0 Å². The first kappa shape index (κ1) is 9.99. The van der Waals surface area contributed by atoms with Crippen LogP contribution >= 0.6 is 27.3 Å². The zero-order chi connectivity index (χ0) is 11.1. The van der Waals surface area contributed by atoms with E-state index in [1.165, 1.54) is 0 Å². The third-order valence-electron chi connectivity index (χ3n) is 2.39. The summed E-state index contributed by atoms with van der Waals surface area (Å²) in [5.41, 5.74) is 3.01. The molecule has 5 heteroatoms. The lowest BCUT2D eigenvalue weighted by Crippen LogP contribution is -1.78. The number of pyridine rings is 1. The van der Waals surface area contributed by atoms with Gasteiger partial charge in [-0.3, -0.25) is 0 Å². The fourth-order valence-corrected chi connectivity index (χ4v) is 2.62. The number of aromatic nitrogens is 3. The maximum absolute atomic E-state index is 4.49. The lowest BCUT2D eigenvalue weighted by Gasteiger charge is -1.94. The van der Waals surface area contributed by atoms with Crippen molar-refractivity contribution >= 4 is 38.3 Å². The second kappa shape index (κ2) is 3.68. The van der Waals surface area contributed by atoms with Crippen molar-refractivity contribution in [2.45, 2.75) is 6.92 Å². The van der Waals surface area contributed by atoms with Gasteiger partial charge in [0.25, 0.3) is 0 Å². The van der Waals surface area contributed by atoms with Crippen LogP contribution in [-0.2, 0) is 0 Å². The van der Waals surface area contributed by atoms with Crippen LogP contribution in [0.15, 0.2) is 28.3 Å². The Bertz CT molecular complexity index is 656. The van der Waals surface area contributed by atoms with Gasteiger partial charge in [0.05, 0.1) is 10.7 Å². The number of hydrogen-bond acceptors (Lipinski definition) is 3. The Morgan fingerprint density at radius 2 is 2.31 bits per heavy atom. The Hall–Kier alpha value is -1.20. The summed E-state index contributed by atoms with van der Waals surface area (Å²) in [5, 5.41) is 4.24. The maximum atomic E-state index is 4.49. The summed E-state index contributed by atoms with van der Waals surface area (Å²) in [7, 11) is 0. The van der Waals surface area contributed by atoms with Crippen LogP contribution in [0.5, 0.6) is 0 Å². The van der Waals surface area contributed by atoms with Crippen LogP contribution in [0.1, 0.15) is 5.01 Å². The van der Waals surface area contributed by atoms with E-state index in [1.54, 1.807) is 17.5 Å².